The fraction of sp³-hybridized carbons (Fsp3) is 0.412. The van der Waals surface area contributed by atoms with Gasteiger partial charge in [0.25, 0.3) is 0 Å². The quantitative estimate of drug-likeness (QED) is 0.525. The van der Waals surface area contributed by atoms with Gasteiger partial charge in [0.15, 0.2) is 11.5 Å². The van der Waals surface area contributed by atoms with Crippen LogP contribution in [0.15, 0.2) is 29.5 Å². The minimum Gasteiger partial charge on any atom is -0.493 e. The van der Waals surface area contributed by atoms with Gasteiger partial charge in [-0.05, 0) is 24.6 Å². The number of halogens is 2. The van der Waals surface area contributed by atoms with Crippen molar-refractivity contribution in [2.24, 2.45) is 0 Å². The molecule has 0 saturated carbocycles. The first-order valence-corrected chi connectivity index (χ1v) is 7.94. The highest BCUT2D eigenvalue weighted by Crippen LogP contribution is 2.35. The Morgan fingerprint density at radius 2 is 1.96 bits per heavy atom. The van der Waals surface area contributed by atoms with Crippen LogP contribution >= 0.6 is 0 Å². The third-order valence-corrected chi connectivity index (χ3v) is 3.75. The number of allylic oxidation sites excluding steroid dienone is 1. The van der Waals surface area contributed by atoms with Crippen LogP contribution in [0.2, 0.25) is 0 Å². The number of urea groups is 1. The van der Waals surface area contributed by atoms with E-state index in [-0.39, 0.29) is 30.3 Å². The van der Waals surface area contributed by atoms with Crippen LogP contribution in [0, 0.1) is 0 Å². The molecule has 0 fully saturated rings. The van der Waals surface area contributed by atoms with Gasteiger partial charge in [-0.1, -0.05) is 6.07 Å². The van der Waals surface area contributed by atoms with Gasteiger partial charge in [-0.2, -0.15) is 8.78 Å². The Morgan fingerprint density at radius 3 is 2.59 bits per heavy atom. The number of carbonyl (C=O) groups excluding carboxylic acids is 2. The van der Waals surface area contributed by atoms with Crippen LogP contribution in [-0.4, -0.2) is 46.0 Å². The Morgan fingerprint density at radius 1 is 1.22 bits per heavy atom. The van der Waals surface area contributed by atoms with Crippen LogP contribution in [-0.2, 0) is 14.3 Å². The van der Waals surface area contributed by atoms with E-state index in [1.807, 2.05) is 0 Å². The molecule has 0 saturated heterocycles. The summed E-state index contributed by atoms with van der Waals surface area (Å²) in [6, 6.07) is 2.75. The molecule has 1 aliphatic rings. The van der Waals surface area contributed by atoms with Crippen molar-refractivity contribution in [1.82, 2.24) is 10.6 Å². The van der Waals surface area contributed by atoms with Crippen molar-refractivity contribution in [3.05, 3.63) is 35.0 Å². The van der Waals surface area contributed by atoms with Crippen LogP contribution in [0.25, 0.3) is 0 Å². The molecule has 10 heteroatoms. The van der Waals surface area contributed by atoms with Crippen molar-refractivity contribution < 1.29 is 37.3 Å². The fourth-order valence-corrected chi connectivity index (χ4v) is 2.57. The Balaban J connectivity index is 2.39. The van der Waals surface area contributed by atoms with Gasteiger partial charge in [-0.15, -0.1) is 0 Å². The number of esters is 1. The van der Waals surface area contributed by atoms with Gasteiger partial charge in [-0.25, -0.2) is 9.59 Å². The second kappa shape index (κ2) is 9.17. The summed E-state index contributed by atoms with van der Waals surface area (Å²) in [6.07, 6.45) is 0. The predicted molar refractivity (Wildman–Crippen MR) is 89.6 cm³/mol. The molecule has 2 N–H and O–H groups in total. The van der Waals surface area contributed by atoms with Gasteiger partial charge in [0.1, 0.15) is 6.61 Å². The molecule has 1 aromatic carbocycles. The lowest BCUT2D eigenvalue weighted by Gasteiger charge is -2.28. The highest BCUT2D eigenvalue weighted by molar-refractivity contribution is 5.95. The van der Waals surface area contributed by atoms with E-state index in [0.29, 0.717) is 11.3 Å². The number of alkyl halides is 2. The van der Waals surface area contributed by atoms with Crippen molar-refractivity contribution >= 4 is 12.0 Å². The lowest BCUT2D eigenvalue weighted by Crippen LogP contribution is -2.45. The van der Waals surface area contributed by atoms with E-state index in [1.54, 1.807) is 6.92 Å². The van der Waals surface area contributed by atoms with Crippen molar-refractivity contribution in [2.75, 3.05) is 27.4 Å². The molecule has 1 aromatic rings. The summed E-state index contributed by atoms with van der Waals surface area (Å²) >= 11 is 0. The molecular formula is C17H20F2N2O6. The number of carbonyl (C=O) groups is 2. The molecule has 8 nitrogen and oxygen atoms in total. The molecule has 0 unspecified atom stereocenters. The van der Waals surface area contributed by atoms with Crippen molar-refractivity contribution in [1.29, 1.82) is 0 Å². The zero-order chi connectivity index (χ0) is 20.0. The Kier molecular flexibility index (Phi) is 6.94. The first-order chi connectivity index (χ1) is 12.9. The van der Waals surface area contributed by atoms with E-state index in [2.05, 4.69) is 15.4 Å². The Hall–Kier alpha value is -2.88. The van der Waals surface area contributed by atoms with Crippen LogP contribution in [0.1, 0.15) is 18.5 Å². The van der Waals surface area contributed by atoms with Crippen LogP contribution in [0.4, 0.5) is 13.6 Å². The first kappa shape index (κ1) is 20.4. The van der Waals surface area contributed by atoms with E-state index in [0.717, 1.165) is 0 Å². The Bertz CT molecular complexity index is 738. The summed E-state index contributed by atoms with van der Waals surface area (Å²) in [5, 5.41) is 5.07. The maximum Gasteiger partial charge on any atom is 0.387 e. The topological polar surface area (TPSA) is 95.1 Å². The summed E-state index contributed by atoms with van der Waals surface area (Å²) in [6.45, 7) is -1.29. The average Bonchev–Trinajstić information content (AvgIpc) is 2.60. The molecule has 0 bridgehead atoms. The van der Waals surface area contributed by atoms with Crippen molar-refractivity contribution in [2.45, 2.75) is 19.6 Å². The summed E-state index contributed by atoms with van der Waals surface area (Å²) in [4.78, 5) is 24.3. The molecule has 27 heavy (non-hydrogen) atoms. The number of benzene rings is 1. The van der Waals surface area contributed by atoms with Gasteiger partial charge >= 0.3 is 18.6 Å². The molecule has 0 aromatic heterocycles. The number of rotatable bonds is 8. The first-order valence-electron chi connectivity index (χ1n) is 7.94. The molecule has 148 valence electrons. The predicted octanol–water partition coefficient (Wildman–Crippen LogP) is 2.11. The minimum atomic E-state index is -3.06. The van der Waals surface area contributed by atoms with Gasteiger partial charge < -0.3 is 29.6 Å². The number of methoxy groups -OCH3 is 2. The largest absolute Gasteiger partial charge is 0.493 e. The molecule has 1 aliphatic heterocycles. The third-order valence-electron chi connectivity index (χ3n) is 3.75. The molecule has 1 heterocycles. The molecule has 2 amide bonds. The summed E-state index contributed by atoms with van der Waals surface area (Å²) in [5.74, 6) is -0.805. The van der Waals surface area contributed by atoms with Gasteiger partial charge in [-0.3, -0.25) is 0 Å². The van der Waals surface area contributed by atoms with E-state index < -0.39 is 24.7 Å². The second-order valence-electron chi connectivity index (χ2n) is 5.49. The van der Waals surface area contributed by atoms with E-state index in [9.17, 15) is 18.4 Å². The molecule has 0 spiro atoms. The molecular weight excluding hydrogens is 366 g/mol. The lowest BCUT2D eigenvalue weighted by atomic mass is 9.95. The lowest BCUT2D eigenvalue weighted by molar-refractivity contribution is -0.140. The standard InChI is InChI=1S/C17H20F2N2O6/c1-9-13(15(22)26-7-6-24-2)14(21-17(23)20-9)10-4-5-11(25-3)12(8-10)27-16(18)19/h4-5,8,14,16H,6-7H2,1-3H3,(H2,20,21,23)/t14-/m1/s1. The van der Waals surface area contributed by atoms with E-state index >= 15 is 0 Å². The monoisotopic (exact) mass is 386 g/mol. The zero-order valence-electron chi connectivity index (χ0n) is 15.0. The smallest absolute Gasteiger partial charge is 0.387 e. The van der Waals surface area contributed by atoms with Crippen LogP contribution in [0.3, 0.4) is 0 Å². The normalized spacial score (nSPS) is 16.7. The van der Waals surface area contributed by atoms with Gasteiger partial charge in [0.2, 0.25) is 0 Å². The number of ether oxygens (including phenoxy) is 4. The maximum atomic E-state index is 12.7. The number of hydrogen-bond donors (Lipinski definition) is 2. The van der Waals surface area contributed by atoms with Gasteiger partial charge in [0.05, 0.1) is 25.3 Å². The second-order valence-corrected chi connectivity index (χ2v) is 5.49. The summed E-state index contributed by atoms with van der Waals surface area (Å²) in [5.41, 5.74) is 0.775. The highest BCUT2D eigenvalue weighted by Gasteiger charge is 2.33. The SMILES string of the molecule is COCCOC(=O)C1=C(C)NC(=O)N[C@@H]1c1ccc(OC)c(OC(F)F)c1. The van der Waals surface area contributed by atoms with E-state index in [4.69, 9.17) is 14.2 Å². The number of amides is 2. The van der Waals surface area contributed by atoms with E-state index in [1.165, 1.54) is 32.4 Å². The molecule has 1 atom stereocenters. The zero-order valence-corrected chi connectivity index (χ0v) is 15.0. The third kappa shape index (κ3) is 5.07. The maximum absolute atomic E-state index is 12.7. The van der Waals surface area contributed by atoms with Crippen molar-refractivity contribution in [3.8, 4) is 11.5 Å². The van der Waals surface area contributed by atoms with Crippen molar-refractivity contribution in [3.63, 3.8) is 0 Å². The minimum absolute atomic E-state index is 0.0230. The fourth-order valence-electron chi connectivity index (χ4n) is 2.57. The van der Waals surface area contributed by atoms with Gasteiger partial charge in [0, 0.05) is 12.8 Å². The van der Waals surface area contributed by atoms with Crippen LogP contribution in [0.5, 0.6) is 11.5 Å². The molecule has 0 aliphatic carbocycles. The average molecular weight is 386 g/mol. The van der Waals surface area contributed by atoms with Crippen LogP contribution < -0.4 is 20.1 Å². The summed E-state index contributed by atoms with van der Waals surface area (Å²) < 4.78 is 44.7. The number of hydrogen-bond acceptors (Lipinski definition) is 6. The Labute approximate surface area is 154 Å². The molecule has 2 rings (SSSR count). The highest BCUT2D eigenvalue weighted by atomic mass is 19.3. The number of nitrogens with one attached hydrogen (secondary N) is 2. The molecule has 0 radical (unpaired) electrons. The summed E-state index contributed by atoms with van der Waals surface area (Å²) in [7, 11) is 2.77.